The van der Waals surface area contributed by atoms with Crippen molar-refractivity contribution in [1.82, 2.24) is 0 Å². The minimum absolute atomic E-state index is 0.320. The van der Waals surface area contributed by atoms with Gasteiger partial charge < -0.3 is 19.5 Å². The predicted molar refractivity (Wildman–Crippen MR) is 87.3 cm³/mol. The fourth-order valence-electron chi connectivity index (χ4n) is 2.27. The molecule has 2 aromatic carbocycles. The lowest BCUT2D eigenvalue weighted by Gasteiger charge is -2.20. The number of ether oxygens (including phenoxy) is 3. The Balaban J connectivity index is 1.67. The molecule has 3 rings (SSSR count). The van der Waals surface area contributed by atoms with E-state index in [4.69, 9.17) is 19.5 Å². The van der Waals surface area contributed by atoms with Gasteiger partial charge in [0.1, 0.15) is 25.0 Å². The lowest BCUT2D eigenvalue weighted by Crippen LogP contribution is -2.30. The van der Waals surface area contributed by atoms with Gasteiger partial charge >= 0.3 is 0 Å². The molecule has 1 amide bonds. The number of benzene rings is 2. The van der Waals surface area contributed by atoms with Gasteiger partial charge in [-0.2, -0.15) is 5.26 Å². The van der Waals surface area contributed by atoms with Gasteiger partial charge in [0.2, 0.25) is 0 Å². The molecule has 0 aromatic heterocycles. The van der Waals surface area contributed by atoms with Gasteiger partial charge in [0.15, 0.2) is 17.6 Å². The maximum atomic E-state index is 12.3. The highest BCUT2D eigenvalue weighted by Gasteiger charge is 2.18. The fraction of sp³-hybridized carbons (Fsp3) is 0.222. The van der Waals surface area contributed by atoms with E-state index >= 15 is 0 Å². The zero-order valence-electron chi connectivity index (χ0n) is 13.1. The first-order chi connectivity index (χ1) is 11.7. The van der Waals surface area contributed by atoms with Crippen LogP contribution in [0.4, 0.5) is 5.69 Å². The summed E-state index contributed by atoms with van der Waals surface area (Å²) in [5.41, 5.74) is 0.977. The summed E-state index contributed by atoms with van der Waals surface area (Å²) in [5.74, 6) is 1.32. The summed E-state index contributed by atoms with van der Waals surface area (Å²) in [6.45, 7) is 2.62. The molecule has 0 aliphatic carbocycles. The van der Waals surface area contributed by atoms with Gasteiger partial charge in [0.05, 0.1) is 5.56 Å². The summed E-state index contributed by atoms with van der Waals surface area (Å²) in [5, 5.41) is 11.8. The van der Waals surface area contributed by atoms with E-state index in [9.17, 15) is 4.79 Å². The van der Waals surface area contributed by atoms with Gasteiger partial charge in [-0.05, 0) is 31.2 Å². The average molecular weight is 324 g/mol. The second kappa shape index (κ2) is 6.92. The number of carbonyl (C=O) groups excluding carboxylic acids is 1. The molecule has 1 N–H and O–H groups in total. The van der Waals surface area contributed by atoms with Gasteiger partial charge in [-0.15, -0.1) is 0 Å². The van der Waals surface area contributed by atoms with Crippen molar-refractivity contribution in [2.45, 2.75) is 13.0 Å². The highest BCUT2D eigenvalue weighted by molar-refractivity contribution is 5.94. The van der Waals surface area contributed by atoms with Crippen LogP contribution in [0.3, 0.4) is 0 Å². The molecule has 2 aromatic rings. The highest BCUT2D eigenvalue weighted by atomic mass is 16.6. The van der Waals surface area contributed by atoms with E-state index in [1.54, 1.807) is 49.4 Å². The number of para-hydroxylation sites is 1. The molecule has 1 heterocycles. The minimum atomic E-state index is -0.757. The molecule has 0 fully saturated rings. The van der Waals surface area contributed by atoms with Crippen LogP contribution in [0, 0.1) is 11.3 Å². The number of nitriles is 1. The number of nitrogens with zero attached hydrogens (tertiary/aromatic N) is 1. The van der Waals surface area contributed by atoms with Gasteiger partial charge in [0, 0.05) is 11.8 Å². The molecule has 1 aliphatic rings. The van der Waals surface area contributed by atoms with Crippen molar-refractivity contribution in [3.8, 4) is 23.3 Å². The number of fused-ring (bicyclic) bond motifs is 1. The maximum absolute atomic E-state index is 12.3. The second-order valence-corrected chi connectivity index (χ2v) is 5.22. The number of hydrogen-bond acceptors (Lipinski definition) is 5. The van der Waals surface area contributed by atoms with Crippen LogP contribution in [-0.4, -0.2) is 25.2 Å². The Morgan fingerprint density at radius 2 is 1.96 bits per heavy atom. The van der Waals surface area contributed by atoms with Crippen LogP contribution in [0.15, 0.2) is 42.5 Å². The number of hydrogen-bond donors (Lipinski definition) is 1. The van der Waals surface area contributed by atoms with E-state index in [-0.39, 0.29) is 5.91 Å². The van der Waals surface area contributed by atoms with Crippen LogP contribution < -0.4 is 19.5 Å². The lowest BCUT2D eigenvalue weighted by molar-refractivity contribution is -0.122. The van der Waals surface area contributed by atoms with Crippen molar-refractivity contribution in [2.75, 3.05) is 18.5 Å². The van der Waals surface area contributed by atoms with E-state index in [1.165, 1.54) is 0 Å². The molecular weight excluding hydrogens is 308 g/mol. The Bertz CT molecular complexity index is 798. The topological polar surface area (TPSA) is 80.6 Å². The molecule has 0 saturated heterocycles. The summed E-state index contributed by atoms with van der Waals surface area (Å²) >= 11 is 0. The van der Waals surface area contributed by atoms with E-state index in [2.05, 4.69) is 5.32 Å². The number of amides is 1. The molecule has 0 radical (unpaired) electrons. The number of carbonyl (C=O) groups is 1. The van der Waals surface area contributed by atoms with Gasteiger partial charge in [0.25, 0.3) is 5.91 Å². The standard InChI is InChI=1S/C18H16N2O4/c1-12(24-15-5-3-2-4-13(15)11-19)18(21)20-14-6-7-16-17(10-14)23-9-8-22-16/h2-7,10,12H,8-9H2,1H3,(H,20,21)/t12-/m0/s1. The Labute approximate surface area is 139 Å². The minimum Gasteiger partial charge on any atom is -0.486 e. The first kappa shape index (κ1) is 15.7. The molecule has 6 nitrogen and oxygen atoms in total. The monoisotopic (exact) mass is 324 g/mol. The Kier molecular flexibility index (Phi) is 4.52. The molecule has 0 bridgehead atoms. The summed E-state index contributed by atoms with van der Waals surface area (Å²) in [4.78, 5) is 12.3. The third kappa shape index (κ3) is 3.41. The zero-order valence-corrected chi connectivity index (χ0v) is 13.1. The van der Waals surface area contributed by atoms with Crippen molar-refractivity contribution in [3.05, 3.63) is 48.0 Å². The van der Waals surface area contributed by atoms with Crippen LogP contribution >= 0.6 is 0 Å². The Morgan fingerprint density at radius 1 is 1.21 bits per heavy atom. The summed E-state index contributed by atoms with van der Waals surface area (Å²) in [7, 11) is 0. The molecular formula is C18H16N2O4. The Morgan fingerprint density at radius 3 is 2.75 bits per heavy atom. The Hall–Kier alpha value is -3.20. The highest BCUT2D eigenvalue weighted by Crippen LogP contribution is 2.32. The maximum Gasteiger partial charge on any atom is 0.265 e. The van der Waals surface area contributed by atoms with Crippen molar-refractivity contribution >= 4 is 11.6 Å². The van der Waals surface area contributed by atoms with Crippen LogP contribution in [0.2, 0.25) is 0 Å². The molecule has 1 atom stereocenters. The molecule has 24 heavy (non-hydrogen) atoms. The summed E-state index contributed by atoms with van der Waals surface area (Å²) < 4.78 is 16.5. The molecule has 0 unspecified atom stereocenters. The van der Waals surface area contributed by atoms with Crippen molar-refractivity contribution in [1.29, 1.82) is 5.26 Å². The lowest BCUT2D eigenvalue weighted by atomic mass is 10.2. The average Bonchev–Trinajstić information content (AvgIpc) is 2.62. The third-order valence-electron chi connectivity index (χ3n) is 3.49. The van der Waals surface area contributed by atoms with Gasteiger partial charge in [-0.1, -0.05) is 12.1 Å². The zero-order chi connectivity index (χ0) is 16.9. The molecule has 0 saturated carbocycles. The van der Waals surface area contributed by atoms with Gasteiger partial charge in [-0.3, -0.25) is 4.79 Å². The van der Waals surface area contributed by atoms with E-state index in [0.717, 1.165) is 0 Å². The van der Waals surface area contributed by atoms with E-state index < -0.39 is 6.10 Å². The van der Waals surface area contributed by atoms with Crippen LogP contribution in [0.5, 0.6) is 17.2 Å². The molecule has 1 aliphatic heterocycles. The van der Waals surface area contributed by atoms with E-state index in [0.29, 0.717) is 41.7 Å². The van der Waals surface area contributed by atoms with Gasteiger partial charge in [-0.25, -0.2) is 0 Å². The normalized spacial score (nSPS) is 13.5. The number of nitrogens with one attached hydrogen (secondary N) is 1. The first-order valence-electron chi connectivity index (χ1n) is 7.53. The van der Waals surface area contributed by atoms with E-state index in [1.807, 2.05) is 6.07 Å². The quantitative estimate of drug-likeness (QED) is 0.935. The predicted octanol–water partition coefficient (Wildman–Crippen LogP) is 2.74. The number of anilines is 1. The number of rotatable bonds is 4. The van der Waals surface area contributed by atoms with Crippen molar-refractivity contribution in [3.63, 3.8) is 0 Å². The smallest absolute Gasteiger partial charge is 0.265 e. The molecule has 122 valence electrons. The third-order valence-corrected chi connectivity index (χ3v) is 3.49. The van der Waals surface area contributed by atoms with Crippen LogP contribution in [-0.2, 0) is 4.79 Å². The van der Waals surface area contributed by atoms with Crippen molar-refractivity contribution in [2.24, 2.45) is 0 Å². The second-order valence-electron chi connectivity index (χ2n) is 5.22. The summed E-state index contributed by atoms with van der Waals surface area (Å²) in [6, 6.07) is 14.0. The summed E-state index contributed by atoms with van der Waals surface area (Å²) in [6.07, 6.45) is -0.757. The SMILES string of the molecule is C[C@H](Oc1ccccc1C#N)C(=O)Nc1ccc2c(c1)OCCO2. The first-order valence-corrected chi connectivity index (χ1v) is 7.53. The fourth-order valence-corrected chi connectivity index (χ4v) is 2.27. The van der Waals surface area contributed by atoms with Crippen LogP contribution in [0.1, 0.15) is 12.5 Å². The van der Waals surface area contributed by atoms with Crippen molar-refractivity contribution < 1.29 is 19.0 Å². The molecule has 0 spiro atoms. The molecule has 6 heteroatoms. The largest absolute Gasteiger partial charge is 0.486 e. The van der Waals surface area contributed by atoms with Crippen LogP contribution in [0.25, 0.3) is 0 Å².